The van der Waals surface area contributed by atoms with Gasteiger partial charge in [-0.3, -0.25) is 4.79 Å². The first-order valence-electron chi connectivity index (χ1n) is 4.76. The number of aliphatic hydroxyl groups is 2. The van der Waals surface area contributed by atoms with Crippen LogP contribution in [0.1, 0.15) is 10.4 Å². The standard InChI is InChI=1S/C11H10O7.K/c12-7(6-4-2-1-3-5-6)11(18,10(16)17)8(13)9(14)15;/h1-5,8,13,18H,(H,14,15)(H,16,17);/q;+1/p-1/t8-,11+;/m0./s1. The minimum absolute atomic E-state index is 0. The summed E-state index contributed by atoms with van der Waals surface area (Å²) in [6.07, 6.45) is -2.82. The van der Waals surface area contributed by atoms with Gasteiger partial charge in [-0.1, -0.05) is 30.3 Å². The van der Waals surface area contributed by atoms with Crippen LogP contribution in [0.3, 0.4) is 0 Å². The van der Waals surface area contributed by atoms with Crippen molar-refractivity contribution in [1.82, 2.24) is 0 Å². The smallest absolute Gasteiger partial charge is 0.546 e. The van der Waals surface area contributed by atoms with E-state index in [1.165, 1.54) is 30.3 Å². The summed E-state index contributed by atoms with van der Waals surface area (Å²) < 4.78 is 0. The Balaban J connectivity index is 0.00000324. The molecule has 0 aliphatic rings. The molecule has 0 aliphatic heterocycles. The molecule has 3 N–H and O–H groups in total. The number of carboxylic acids is 2. The molecule has 19 heavy (non-hydrogen) atoms. The van der Waals surface area contributed by atoms with E-state index in [-0.39, 0.29) is 56.9 Å². The monoisotopic (exact) mass is 292 g/mol. The number of aliphatic carboxylic acids is 2. The normalized spacial score (nSPS) is 14.6. The third kappa shape index (κ3) is 3.69. The molecule has 0 heterocycles. The van der Waals surface area contributed by atoms with Crippen LogP contribution in [-0.2, 0) is 9.59 Å². The summed E-state index contributed by atoms with van der Waals surface area (Å²) in [5.41, 5.74) is -3.79. The molecule has 0 saturated carbocycles. The third-order valence-corrected chi connectivity index (χ3v) is 2.32. The van der Waals surface area contributed by atoms with E-state index in [0.717, 1.165) is 0 Å². The van der Waals surface area contributed by atoms with E-state index >= 15 is 0 Å². The van der Waals surface area contributed by atoms with Gasteiger partial charge in [0.2, 0.25) is 11.4 Å². The van der Waals surface area contributed by atoms with Gasteiger partial charge in [-0.2, -0.15) is 0 Å². The van der Waals surface area contributed by atoms with Gasteiger partial charge in [0, 0.05) is 5.56 Å². The van der Waals surface area contributed by atoms with Gasteiger partial charge in [-0.05, 0) is 0 Å². The van der Waals surface area contributed by atoms with E-state index < -0.39 is 29.4 Å². The minimum Gasteiger partial charge on any atom is -0.546 e. The molecule has 0 bridgehead atoms. The van der Waals surface area contributed by atoms with Crippen LogP contribution in [0.15, 0.2) is 30.3 Å². The molecule has 2 atom stereocenters. The van der Waals surface area contributed by atoms with E-state index in [4.69, 9.17) is 10.2 Å². The summed E-state index contributed by atoms with van der Waals surface area (Å²) in [7, 11) is 0. The average Bonchev–Trinajstić information content (AvgIpc) is 2.36. The first-order valence-corrected chi connectivity index (χ1v) is 4.76. The third-order valence-electron chi connectivity index (χ3n) is 2.32. The minimum atomic E-state index is -3.53. The van der Waals surface area contributed by atoms with Crippen LogP contribution in [0.25, 0.3) is 0 Å². The van der Waals surface area contributed by atoms with Crippen molar-refractivity contribution in [2.24, 2.45) is 0 Å². The second-order valence-corrected chi connectivity index (χ2v) is 3.49. The van der Waals surface area contributed by atoms with Crippen LogP contribution in [0.4, 0.5) is 0 Å². The van der Waals surface area contributed by atoms with Gasteiger partial charge in [0.25, 0.3) is 0 Å². The molecule has 1 rings (SSSR count). The Morgan fingerprint density at radius 1 is 1.16 bits per heavy atom. The van der Waals surface area contributed by atoms with E-state index in [0.29, 0.717) is 0 Å². The number of ketones is 1. The zero-order valence-electron chi connectivity index (χ0n) is 9.94. The molecule has 0 saturated heterocycles. The quantitative estimate of drug-likeness (QED) is 0.280. The Hall–Kier alpha value is -0.614. The van der Waals surface area contributed by atoms with Crippen LogP contribution >= 0.6 is 0 Å². The number of carbonyl (C=O) groups is 3. The number of Topliss-reactive ketones (excluding diaryl/α,β-unsaturated/α-hetero) is 1. The molecule has 0 aliphatic carbocycles. The number of carboxylic acid groups (broad SMARTS) is 2. The van der Waals surface area contributed by atoms with Crippen LogP contribution < -0.4 is 56.5 Å². The Kier molecular flexibility index (Phi) is 7.01. The van der Waals surface area contributed by atoms with Crippen molar-refractivity contribution in [2.45, 2.75) is 11.7 Å². The van der Waals surface area contributed by atoms with Gasteiger partial charge >= 0.3 is 57.4 Å². The molecule has 1 aromatic rings. The molecule has 96 valence electrons. The van der Waals surface area contributed by atoms with E-state index in [1.807, 2.05) is 0 Å². The molecule has 0 fully saturated rings. The SMILES string of the molecule is O=C(O)[C@H](O)[C@@](O)(C(=O)[O-])C(=O)c1ccccc1.[K+]. The van der Waals surface area contributed by atoms with Gasteiger partial charge < -0.3 is 25.2 Å². The number of rotatable bonds is 5. The predicted molar refractivity (Wildman–Crippen MR) is 54.4 cm³/mol. The molecule has 8 heteroatoms. The topological polar surface area (TPSA) is 135 Å². The maximum absolute atomic E-state index is 11.8. The molecular formula is C11H9KO7. The molecule has 0 spiro atoms. The predicted octanol–water partition coefficient (Wildman–Crippen LogP) is -5.20. The summed E-state index contributed by atoms with van der Waals surface area (Å²) in [6.45, 7) is 0. The number of aliphatic hydroxyl groups excluding tert-OH is 1. The Bertz CT molecular complexity index is 487. The number of benzene rings is 1. The van der Waals surface area contributed by atoms with Crippen LogP contribution in [0, 0.1) is 0 Å². The van der Waals surface area contributed by atoms with E-state index in [2.05, 4.69) is 0 Å². The zero-order valence-corrected chi connectivity index (χ0v) is 13.1. The van der Waals surface area contributed by atoms with E-state index in [1.54, 1.807) is 0 Å². The Morgan fingerprint density at radius 3 is 2.00 bits per heavy atom. The molecule has 1 aromatic carbocycles. The van der Waals surface area contributed by atoms with Crippen molar-refractivity contribution >= 4 is 17.7 Å². The molecular weight excluding hydrogens is 283 g/mol. The summed E-state index contributed by atoms with van der Waals surface area (Å²) in [5.74, 6) is -5.89. The molecule has 0 aromatic heterocycles. The summed E-state index contributed by atoms with van der Waals surface area (Å²) >= 11 is 0. The van der Waals surface area contributed by atoms with Gasteiger partial charge in [0.1, 0.15) is 0 Å². The van der Waals surface area contributed by atoms with Gasteiger partial charge in [-0.15, -0.1) is 0 Å². The molecule has 0 amide bonds. The Morgan fingerprint density at radius 2 is 1.63 bits per heavy atom. The van der Waals surface area contributed by atoms with Crippen LogP contribution in [-0.4, -0.2) is 44.7 Å². The largest absolute Gasteiger partial charge is 1.00 e. The zero-order chi connectivity index (χ0) is 13.9. The molecule has 0 radical (unpaired) electrons. The average molecular weight is 292 g/mol. The maximum atomic E-state index is 11.8. The van der Waals surface area contributed by atoms with Gasteiger partial charge in [0.05, 0.1) is 5.97 Å². The number of hydrogen-bond acceptors (Lipinski definition) is 6. The fourth-order valence-corrected chi connectivity index (χ4v) is 1.32. The summed E-state index contributed by atoms with van der Waals surface area (Å²) in [6, 6.07) is 6.64. The Labute approximate surface area is 150 Å². The van der Waals surface area contributed by atoms with Crippen molar-refractivity contribution in [3.05, 3.63) is 35.9 Å². The second-order valence-electron chi connectivity index (χ2n) is 3.49. The summed E-state index contributed by atoms with van der Waals surface area (Å²) in [4.78, 5) is 33.1. The molecule has 7 nitrogen and oxygen atoms in total. The first kappa shape index (κ1) is 18.4. The van der Waals surface area contributed by atoms with Crippen molar-refractivity contribution in [2.75, 3.05) is 0 Å². The maximum Gasteiger partial charge on any atom is 1.00 e. The van der Waals surface area contributed by atoms with Crippen molar-refractivity contribution in [3.8, 4) is 0 Å². The molecule has 0 unspecified atom stereocenters. The summed E-state index contributed by atoms with van der Waals surface area (Å²) in [5, 5.41) is 38.0. The van der Waals surface area contributed by atoms with Gasteiger partial charge in [0.15, 0.2) is 6.10 Å². The van der Waals surface area contributed by atoms with Crippen molar-refractivity contribution in [1.29, 1.82) is 0 Å². The van der Waals surface area contributed by atoms with Crippen molar-refractivity contribution in [3.63, 3.8) is 0 Å². The van der Waals surface area contributed by atoms with Crippen molar-refractivity contribution < 1.29 is 86.2 Å². The van der Waals surface area contributed by atoms with Crippen LogP contribution in [0.2, 0.25) is 0 Å². The number of carbonyl (C=O) groups excluding carboxylic acids is 2. The van der Waals surface area contributed by atoms with E-state index in [9.17, 15) is 24.6 Å². The first-order chi connectivity index (χ1) is 8.31. The fourth-order valence-electron chi connectivity index (χ4n) is 1.32. The number of hydrogen-bond donors (Lipinski definition) is 3. The fraction of sp³-hybridized carbons (Fsp3) is 0.182. The second kappa shape index (κ2) is 7.24. The van der Waals surface area contributed by atoms with Crippen LogP contribution in [0.5, 0.6) is 0 Å². The van der Waals surface area contributed by atoms with Gasteiger partial charge in [-0.25, -0.2) is 4.79 Å².